The maximum absolute atomic E-state index is 5.54. The highest BCUT2D eigenvalue weighted by atomic mass is 32.1. The number of rotatable bonds is 2. The highest BCUT2D eigenvalue weighted by Crippen LogP contribution is 2.28. The summed E-state index contributed by atoms with van der Waals surface area (Å²) in [5.41, 5.74) is 7.50. The van der Waals surface area contributed by atoms with E-state index in [9.17, 15) is 0 Å². The molecule has 0 radical (unpaired) electrons. The fourth-order valence-corrected chi connectivity index (χ4v) is 1.58. The smallest absolute Gasteiger partial charge is 0.134 e. The van der Waals surface area contributed by atoms with Crippen molar-refractivity contribution in [3.8, 4) is 0 Å². The Morgan fingerprint density at radius 1 is 1.38 bits per heavy atom. The summed E-state index contributed by atoms with van der Waals surface area (Å²) in [4.78, 5) is 0. The summed E-state index contributed by atoms with van der Waals surface area (Å²) in [6.45, 7) is 0.520. The van der Waals surface area contributed by atoms with Crippen LogP contribution in [0.1, 0.15) is 10.8 Å². The first kappa shape index (κ1) is 8.66. The molecule has 3 heteroatoms. The van der Waals surface area contributed by atoms with Gasteiger partial charge in [0.25, 0.3) is 0 Å². The molecular weight excluding hydrogens is 182 g/mol. The largest absolute Gasteiger partial charge is 0.464 e. The number of hydrogen-bond acceptors (Lipinski definition) is 3. The molecule has 2 rings (SSSR count). The second-order valence-electron chi connectivity index (χ2n) is 2.94. The van der Waals surface area contributed by atoms with Gasteiger partial charge in [-0.05, 0) is 6.07 Å². The van der Waals surface area contributed by atoms with E-state index in [1.807, 2.05) is 24.3 Å². The minimum absolute atomic E-state index is 0.0589. The Morgan fingerprint density at radius 2 is 2.15 bits per heavy atom. The van der Waals surface area contributed by atoms with Crippen LogP contribution in [0.2, 0.25) is 0 Å². The molecule has 1 unspecified atom stereocenters. The third-order valence-corrected chi connectivity index (χ3v) is 2.58. The fourth-order valence-electron chi connectivity index (χ4n) is 1.38. The van der Waals surface area contributed by atoms with E-state index in [0.29, 0.717) is 6.54 Å². The van der Waals surface area contributed by atoms with Crippen molar-refractivity contribution in [2.75, 3.05) is 6.54 Å². The summed E-state index contributed by atoms with van der Waals surface area (Å²) < 4.78 is 5.37. The van der Waals surface area contributed by atoms with Crippen LogP contribution in [0.15, 0.2) is 34.9 Å². The van der Waals surface area contributed by atoms with Crippen LogP contribution < -0.4 is 5.73 Å². The van der Waals surface area contributed by atoms with Gasteiger partial charge in [-0.15, -0.1) is 0 Å². The zero-order valence-corrected chi connectivity index (χ0v) is 8.00. The van der Waals surface area contributed by atoms with Crippen molar-refractivity contribution >= 4 is 23.6 Å². The molecule has 1 aromatic heterocycles. The van der Waals surface area contributed by atoms with Gasteiger partial charge in [0.15, 0.2) is 0 Å². The number of benzene rings is 1. The Morgan fingerprint density at radius 3 is 2.92 bits per heavy atom. The molecular formula is C10H11NOS. The minimum Gasteiger partial charge on any atom is -0.464 e. The van der Waals surface area contributed by atoms with E-state index in [2.05, 4.69) is 12.6 Å². The number of thiol groups is 1. The van der Waals surface area contributed by atoms with Gasteiger partial charge < -0.3 is 10.2 Å². The third-order valence-electron chi connectivity index (χ3n) is 2.09. The van der Waals surface area contributed by atoms with Crippen molar-refractivity contribution in [3.63, 3.8) is 0 Å². The average molecular weight is 193 g/mol. The Bertz CT molecular complexity index is 410. The lowest BCUT2D eigenvalue weighted by molar-refractivity contribution is 0.610. The van der Waals surface area contributed by atoms with E-state index >= 15 is 0 Å². The number of para-hydroxylation sites is 1. The molecule has 2 N–H and O–H groups in total. The van der Waals surface area contributed by atoms with Crippen molar-refractivity contribution in [1.82, 2.24) is 0 Å². The Labute approximate surface area is 82.1 Å². The average Bonchev–Trinajstić information content (AvgIpc) is 2.60. The van der Waals surface area contributed by atoms with Crippen molar-refractivity contribution < 1.29 is 4.42 Å². The van der Waals surface area contributed by atoms with Crippen molar-refractivity contribution in [2.24, 2.45) is 5.73 Å². The molecule has 0 saturated carbocycles. The SMILES string of the molecule is NCC(S)c1coc2ccccc12. The van der Waals surface area contributed by atoms with E-state index in [1.165, 1.54) is 0 Å². The molecule has 1 aromatic carbocycles. The zero-order chi connectivity index (χ0) is 9.26. The van der Waals surface area contributed by atoms with Crippen LogP contribution >= 0.6 is 12.6 Å². The normalized spacial score (nSPS) is 13.4. The summed E-state index contributed by atoms with van der Waals surface area (Å²) in [5, 5.41) is 1.16. The van der Waals surface area contributed by atoms with Crippen molar-refractivity contribution in [3.05, 3.63) is 36.1 Å². The quantitative estimate of drug-likeness (QED) is 0.719. The zero-order valence-electron chi connectivity index (χ0n) is 7.10. The molecule has 0 aliphatic heterocycles. The fraction of sp³-hybridized carbons (Fsp3) is 0.200. The Balaban J connectivity index is 2.57. The van der Waals surface area contributed by atoms with Gasteiger partial charge >= 0.3 is 0 Å². The van der Waals surface area contributed by atoms with Gasteiger partial charge in [-0.25, -0.2) is 0 Å². The van der Waals surface area contributed by atoms with Crippen molar-refractivity contribution in [2.45, 2.75) is 5.25 Å². The molecule has 1 heterocycles. The van der Waals surface area contributed by atoms with E-state index in [1.54, 1.807) is 6.26 Å². The summed E-state index contributed by atoms with van der Waals surface area (Å²) in [6.07, 6.45) is 1.73. The first-order valence-electron chi connectivity index (χ1n) is 4.17. The molecule has 0 aliphatic carbocycles. The molecule has 1 atom stereocenters. The molecule has 0 bridgehead atoms. The van der Waals surface area contributed by atoms with Crippen LogP contribution in [0.4, 0.5) is 0 Å². The predicted molar refractivity (Wildman–Crippen MR) is 57.0 cm³/mol. The van der Waals surface area contributed by atoms with Gasteiger partial charge in [-0.3, -0.25) is 0 Å². The molecule has 2 nitrogen and oxygen atoms in total. The Hall–Kier alpha value is -0.930. The van der Waals surface area contributed by atoms with Crippen LogP contribution in [-0.2, 0) is 0 Å². The van der Waals surface area contributed by atoms with Gasteiger partial charge in [0.1, 0.15) is 5.58 Å². The molecule has 0 aliphatic rings. The maximum Gasteiger partial charge on any atom is 0.134 e. The second-order valence-corrected chi connectivity index (χ2v) is 3.56. The van der Waals surface area contributed by atoms with E-state index < -0.39 is 0 Å². The van der Waals surface area contributed by atoms with E-state index in [0.717, 1.165) is 16.5 Å². The maximum atomic E-state index is 5.54. The third kappa shape index (κ3) is 1.45. The standard InChI is InChI=1S/C10H11NOS/c11-5-10(13)8-6-12-9-4-2-1-3-7(8)9/h1-4,6,10,13H,5,11H2. The summed E-state index contributed by atoms with van der Waals surface area (Å²) in [7, 11) is 0. The number of fused-ring (bicyclic) bond motifs is 1. The lowest BCUT2D eigenvalue weighted by Gasteiger charge is -2.03. The molecule has 13 heavy (non-hydrogen) atoms. The first-order chi connectivity index (χ1) is 6.33. The van der Waals surface area contributed by atoms with Crippen LogP contribution in [0, 0.1) is 0 Å². The van der Waals surface area contributed by atoms with E-state index in [-0.39, 0.29) is 5.25 Å². The number of nitrogens with two attached hydrogens (primary N) is 1. The van der Waals surface area contributed by atoms with Crippen molar-refractivity contribution in [1.29, 1.82) is 0 Å². The van der Waals surface area contributed by atoms with Crippen LogP contribution in [0.3, 0.4) is 0 Å². The lowest BCUT2D eigenvalue weighted by Crippen LogP contribution is -2.06. The van der Waals surface area contributed by atoms with Gasteiger partial charge in [0.2, 0.25) is 0 Å². The molecule has 68 valence electrons. The van der Waals surface area contributed by atoms with Crippen LogP contribution in [-0.4, -0.2) is 6.54 Å². The minimum atomic E-state index is 0.0589. The van der Waals surface area contributed by atoms with Gasteiger partial charge in [-0.1, -0.05) is 18.2 Å². The monoisotopic (exact) mass is 193 g/mol. The van der Waals surface area contributed by atoms with E-state index in [4.69, 9.17) is 10.2 Å². The van der Waals surface area contributed by atoms with Crippen LogP contribution in [0.25, 0.3) is 11.0 Å². The number of furan rings is 1. The first-order valence-corrected chi connectivity index (χ1v) is 4.69. The van der Waals surface area contributed by atoms with Gasteiger partial charge in [-0.2, -0.15) is 12.6 Å². The molecule has 0 saturated heterocycles. The van der Waals surface area contributed by atoms with Crippen LogP contribution in [0.5, 0.6) is 0 Å². The topological polar surface area (TPSA) is 39.2 Å². The van der Waals surface area contributed by atoms with Gasteiger partial charge in [0, 0.05) is 22.7 Å². The predicted octanol–water partition coefficient (Wildman–Crippen LogP) is 2.36. The Kier molecular flexibility index (Phi) is 2.29. The summed E-state index contributed by atoms with van der Waals surface area (Å²) >= 11 is 4.38. The highest BCUT2D eigenvalue weighted by Gasteiger charge is 2.10. The number of hydrogen-bond donors (Lipinski definition) is 2. The van der Waals surface area contributed by atoms with Gasteiger partial charge in [0.05, 0.1) is 6.26 Å². The molecule has 0 amide bonds. The highest BCUT2D eigenvalue weighted by molar-refractivity contribution is 7.80. The lowest BCUT2D eigenvalue weighted by atomic mass is 10.1. The second kappa shape index (κ2) is 3.44. The summed E-state index contributed by atoms with van der Waals surface area (Å²) in [6, 6.07) is 7.90. The summed E-state index contributed by atoms with van der Waals surface area (Å²) in [5.74, 6) is 0. The molecule has 2 aromatic rings. The molecule has 0 spiro atoms. The molecule has 0 fully saturated rings.